The number of nitrogens with one attached hydrogen (secondary N) is 1. The zero-order chi connectivity index (χ0) is 15.8. The number of nitrogens with two attached hydrogens (primary N) is 1. The van der Waals surface area contributed by atoms with E-state index in [2.05, 4.69) is 41.4 Å². The molecule has 0 heterocycles. The van der Waals surface area contributed by atoms with Gasteiger partial charge in [-0.1, -0.05) is 36.7 Å². The van der Waals surface area contributed by atoms with E-state index in [1.54, 1.807) is 12.1 Å². The van der Waals surface area contributed by atoms with Crippen molar-refractivity contribution in [2.45, 2.75) is 51.5 Å². The molecule has 0 aromatic heterocycles. The molecular formula is C14H23BrN2O2S. The predicted octanol–water partition coefficient (Wildman–Crippen LogP) is 3.52. The van der Waals surface area contributed by atoms with E-state index in [0.717, 1.165) is 10.9 Å². The fourth-order valence-corrected chi connectivity index (χ4v) is 4.45. The van der Waals surface area contributed by atoms with Gasteiger partial charge in [-0.25, -0.2) is 13.1 Å². The molecule has 0 saturated carbocycles. The van der Waals surface area contributed by atoms with Gasteiger partial charge in [-0.05, 0) is 43.9 Å². The molecule has 0 saturated heterocycles. The second-order valence-electron chi connectivity index (χ2n) is 6.91. The second kappa shape index (κ2) is 5.66. The van der Waals surface area contributed by atoms with E-state index < -0.39 is 15.6 Å². The van der Waals surface area contributed by atoms with Crippen molar-refractivity contribution in [3.05, 3.63) is 22.7 Å². The summed E-state index contributed by atoms with van der Waals surface area (Å²) in [6.07, 6.45) is 0.718. The van der Waals surface area contributed by atoms with E-state index in [4.69, 9.17) is 5.73 Å². The highest BCUT2D eigenvalue weighted by Gasteiger charge is 2.31. The lowest BCUT2D eigenvalue weighted by atomic mass is 9.82. The minimum Gasteiger partial charge on any atom is -0.398 e. The van der Waals surface area contributed by atoms with Crippen LogP contribution in [0.4, 0.5) is 5.69 Å². The third-order valence-corrected chi connectivity index (χ3v) is 4.91. The highest BCUT2D eigenvalue weighted by Crippen LogP contribution is 2.29. The summed E-state index contributed by atoms with van der Waals surface area (Å²) in [5.74, 6) is 0. The summed E-state index contributed by atoms with van der Waals surface area (Å²) in [6.45, 7) is 10.0. The van der Waals surface area contributed by atoms with Gasteiger partial charge in [0.2, 0.25) is 10.0 Å². The van der Waals surface area contributed by atoms with Crippen LogP contribution in [-0.4, -0.2) is 14.0 Å². The van der Waals surface area contributed by atoms with Crippen LogP contribution >= 0.6 is 15.9 Å². The summed E-state index contributed by atoms with van der Waals surface area (Å²) in [6, 6.07) is 4.77. The fraction of sp³-hybridized carbons (Fsp3) is 0.571. The number of benzene rings is 1. The normalized spacial score (nSPS) is 13.5. The molecule has 0 unspecified atom stereocenters. The molecule has 0 bridgehead atoms. The minimum atomic E-state index is -3.63. The molecule has 20 heavy (non-hydrogen) atoms. The zero-order valence-corrected chi connectivity index (χ0v) is 15.0. The van der Waals surface area contributed by atoms with Gasteiger partial charge < -0.3 is 5.73 Å². The lowest BCUT2D eigenvalue weighted by Crippen LogP contribution is -2.45. The van der Waals surface area contributed by atoms with Crippen molar-refractivity contribution in [3.8, 4) is 0 Å². The van der Waals surface area contributed by atoms with Gasteiger partial charge in [0.1, 0.15) is 4.90 Å². The summed E-state index contributed by atoms with van der Waals surface area (Å²) in [5, 5.41) is 0. The molecule has 0 fully saturated rings. The molecule has 3 N–H and O–H groups in total. The largest absolute Gasteiger partial charge is 0.398 e. The molecule has 1 aromatic carbocycles. The Morgan fingerprint density at radius 1 is 1.20 bits per heavy atom. The molecule has 6 heteroatoms. The monoisotopic (exact) mass is 362 g/mol. The minimum absolute atomic E-state index is 0.0251. The molecule has 0 amide bonds. The van der Waals surface area contributed by atoms with Crippen molar-refractivity contribution in [2.24, 2.45) is 5.41 Å². The van der Waals surface area contributed by atoms with Crippen LogP contribution in [-0.2, 0) is 10.0 Å². The molecule has 1 aromatic rings. The fourth-order valence-electron chi connectivity index (χ4n) is 2.54. The SMILES string of the molecule is CC(C)(C)CC(C)(C)NS(=O)(=O)c1ccc(Br)cc1N. The van der Waals surface area contributed by atoms with Gasteiger partial charge in [0.05, 0.1) is 5.69 Å². The van der Waals surface area contributed by atoms with Crippen molar-refractivity contribution in [1.29, 1.82) is 0 Å². The van der Waals surface area contributed by atoms with Crippen molar-refractivity contribution in [2.75, 3.05) is 5.73 Å². The molecule has 4 nitrogen and oxygen atoms in total. The number of sulfonamides is 1. The Labute approximate surface area is 130 Å². The van der Waals surface area contributed by atoms with Gasteiger partial charge in [0.25, 0.3) is 0 Å². The molecule has 0 aliphatic carbocycles. The first-order chi connectivity index (χ1) is 8.82. The number of halogens is 1. The van der Waals surface area contributed by atoms with Crippen LogP contribution in [0.3, 0.4) is 0 Å². The maximum Gasteiger partial charge on any atom is 0.243 e. The second-order valence-corrected chi connectivity index (χ2v) is 9.48. The van der Waals surface area contributed by atoms with E-state index in [9.17, 15) is 8.42 Å². The lowest BCUT2D eigenvalue weighted by molar-refractivity contribution is 0.269. The highest BCUT2D eigenvalue weighted by molar-refractivity contribution is 9.10. The number of nitrogen functional groups attached to an aromatic ring is 1. The van der Waals surface area contributed by atoms with Crippen LogP contribution in [0.5, 0.6) is 0 Å². The Balaban J connectivity index is 3.06. The molecule has 0 radical (unpaired) electrons. The predicted molar refractivity (Wildman–Crippen MR) is 87.0 cm³/mol. The van der Waals surface area contributed by atoms with Crippen LogP contribution in [0.2, 0.25) is 0 Å². The van der Waals surface area contributed by atoms with E-state index in [1.807, 2.05) is 13.8 Å². The Morgan fingerprint density at radius 2 is 1.75 bits per heavy atom. The first-order valence-electron chi connectivity index (χ1n) is 6.41. The molecule has 0 aliphatic heterocycles. The number of anilines is 1. The average Bonchev–Trinajstić information content (AvgIpc) is 2.09. The third-order valence-electron chi connectivity index (χ3n) is 2.64. The molecule has 1 rings (SSSR count). The maximum atomic E-state index is 12.5. The number of rotatable bonds is 4. The standard InChI is InChI=1S/C14H23BrN2O2S/c1-13(2,3)9-14(4,5)17-20(18,19)12-7-6-10(15)8-11(12)16/h6-8,17H,9,16H2,1-5H3. The van der Waals surface area contributed by atoms with Gasteiger partial charge >= 0.3 is 0 Å². The summed E-state index contributed by atoms with van der Waals surface area (Å²) in [7, 11) is -3.63. The number of hydrogen-bond donors (Lipinski definition) is 2. The van der Waals surface area contributed by atoms with Crippen LogP contribution in [0.15, 0.2) is 27.6 Å². The first kappa shape index (κ1) is 17.5. The van der Waals surface area contributed by atoms with Gasteiger partial charge in [0.15, 0.2) is 0 Å². The molecule has 114 valence electrons. The van der Waals surface area contributed by atoms with Crippen molar-refractivity contribution in [1.82, 2.24) is 4.72 Å². The van der Waals surface area contributed by atoms with E-state index in [1.165, 1.54) is 6.07 Å². The van der Waals surface area contributed by atoms with Gasteiger partial charge in [0, 0.05) is 10.0 Å². The quantitative estimate of drug-likeness (QED) is 0.804. The Hall–Kier alpha value is -0.590. The summed E-state index contributed by atoms with van der Waals surface area (Å²) in [5.41, 5.74) is 5.52. The van der Waals surface area contributed by atoms with Crippen molar-refractivity contribution < 1.29 is 8.42 Å². The van der Waals surface area contributed by atoms with Crippen molar-refractivity contribution >= 4 is 31.6 Å². The van der Waals surface area contributed by atoms with Crippen LogP contribution in [0.1, 0.15) is 41.0 Å². The highest BCUT2D eigenvalue weighted by atomic mass is 79.9. The summed E-state index contributed by atoms with van der Waals surface area (Å²) >= 11 is 3.27. The Kier molecular flexibility index (Phi) is 4.94. The van der Waals surface area contributed by atoms with Gasteiger partial charge in [-0.3, -0.25) is 0 Å². The van der Waals surface area contributed by atoms with E-state index >= 15 is 0 Å². The molecule has 0 aliphatic rings. The smallest absolute Gasteiger partial charge is 0.243 e. The Bertz CT molecular complexity index is 590. The lowest BCUT2D eigenvalue weighted by Gasteiger charge is -2.33. The van der Waals surface area contributed by atoms with Crippen LogP contribution in [0.25, 0.3) is 0 Å². The summed E-state index contributed by atoms with van der Waals surface area (Å²) in [4.78, 5) is 0.114. The zero-order valence-electron chi connectivity index (χ0n) is 12.6. The third kappa shape index (κ3) is 5.07. The topological polar surface area (TPSA) is 72.2 Å². The van der Waals surface area contributed by atoms with E-state index in [0.29, 0.717) is 0 Å². The molecule has 0 spiro atoms. The molecular weight excluding hydrogens is 340 g/mol. The van der Waals surface area contributed by atoms with Crippen LogP contribution < -0.4 is 10.5 Å². The van der Waals surface area contributed by atoms with Gasteiger partial charge in [-0.15, -0.1) is 0 Å². The maximum absolute atomic E-state index is 12.5. The van der Waals surface area contributed by atoms with Crippen LogP contribution in [0, 0.1) is 5.41 Å². The van der Waals surface area contributed by atoms with Crippen molar-refractivity contribution in [3.63, 3.8) is 0 Å². The number of hydrogen-bond acceptors (Lipinski definition) is 3. The average molecular weight is 363 g/mol. The van der Waals surface area contributed by atoms with E-state index in [-0.39, 0.29) is 16.0 Å². The molecule has 0 atom stereocenters. The van der Waals surface area contributed by atoms with Gasteiger partial charge in [-0.2, -0.15) is 0 Å². The Morgan fingerprint density at radius 3 is 2.20 bits per heavy atom. The first-order valence-corrected chi connectivity index (χ1v) is 8.69. The summed E-state index contributed by atoms with van der Waals surface area (Å²) < 4.78 is 28.4.